The van der Waals surface area contributed by atoms with E-state index in [9.17, 15) is 0 Å². The number of para-hydroxylation sites is 3. The van der Waals surface area contributed by atoms with Gasteiger partial charge >= 0.3 is 0 Å². The maximum Gasteiger partial charge on any atom is 0.241 e. The number of aromatic nitrogens is 6. The molecule has 0 aliphatic carbocycles. The molecule has 286 valence electrons. The Labute approximate surface area is 350 Å². The summed E-state index contributed by atoms with van der Waals surface area (Å²) < 4.78 is 17.5. The van der Waals surface area contributed by atoms with Crippen LogP contribution in [0.15, 0.2) is 140 Å². The van der Waals surface area contributed by atoms with E-state index in [-0.39, 0.29) is 26.5 Å². The van der Waals surface area contributed by atoms with Gasteiger partial charge in [-0.1, -0.05) is 92.0 Å². The number of fused-ring (bicyclic) bond motifs is 12. The standard InChI is InChI=1S/C50H38N6O.Pt/c1-50(2,3)32-24-25-51-43(28-32)56-42-30-36(57-35-17-13-16-34(29-35)54-27-26-52(4)31-54)22-23-39(42)46-47-44(37-18-9-11-20-40(37)53(47)5)45-38-19-10-12-21-41(38)55(48(45)49(46)56)33-14-7-6-8-15-33;/h6-28H,1-5H3;/q-2;. The van der Waals surface area contributed by atoms with Gasteiger partial charge in [0.2, 0.25) is 6.33 Å². The first-order valence-corrected chi connectivity index (χ1v) is 19.3. The van der Waals surface area contributed by atoms with Gasteiger partial charge in [0.25, 0.3) is 0 Å². The molecule has 0 radical (unpaired) electrons. The number of pyridine rings is 1. The Morgan fingerprint density at radius 3 is 2.09 bits per heavy atom. The molecule has 0 N–H and O–H groups in total. The zero-order valence-corrected chi connectivity index (χ0v) is 35.0. The van der Waals surface area contributed by atoms with Crippen LogP contribution >= 0.6 is 0 Å². The van der Waals surface area contributed by atoms with E-state index in [1.807, 2.05) is 59.0 Å². The molecule has 5 heterocycles. The topological polar surface area (TPSA) is 45.7 Å². The normalized spacial score (nSPS) is 12.1. The minimum absolute atomic E-state index is 0. The summed E-state index contributed by atoms with van der Waals surface area (Å²) in [5, 5.41) is 7.07. The number of rotatable bonds is 5. The molecule has 58 heavy (non-hydrogen) atoms. The molecule has 5 aromatic heterocycles. The summed E-state index contributed by atoms with van der Waals surface area (Å²) in [7, 11) is 4.14. The van der Waals surface area contributed by atoms with Crippen molar-refractivity contribution in [2.45, 2.75) is 26.2 Å². The van der Waals surface area contributed by atoms with Crippen LogP contribution < -0.4 is 9.30 Å². The van der Waals surface area contributed by atoms with Gasteiger partial charge in [-0.2, -0.15) is 18.2 Å². The van der Waals surface area contributed by atoms with Crippen LogP contribution in [0.4, 0.5) is 0 Å². The number of nitrogens with zero attached hydrogens (tertiary/aromatic N) is 6. The number of ether oxygens (including phenoxy) is 1. The molecule has 0 aliphatic rings. The quantitative estimate of drug-likeness (QED) is 0.128. The SMILES string of the molecule is Cn1[c-][n+](-c2[c-]c(Oc3[c-]c4c(cc3)c3c5c(c6ccccc6n5C)c5c6ccccc6n(-c6ccccc6)c5c3n4-c3cc(C(C)(C)C)ccn3)ccc2)cc1.[Pt]. The summed E-state index contributed by atoms with van der Waals surface area (Å²) in [5.74, 6) is 2.00. The number of aryl methyl sites for hydroxylation is 2. The maximum atomic E-state index is 6.62. The Balaban J connectivity index is 0.00000408. The van der Waals surface area contributed by atoms with E-state index < -0.39 is 0 Å². The fourth-order valence-electron chi connectivity index (χ4n) is 8.75. The average molecular weight is 934 g/mol. The van der Waals surface area contributed by atoms with E-state index >= 15 is 0 Å². The summed E-state index contributed by atoms with van der Waals surface area (Å²) >= 11 is 0. The second kappa shape index (κ2) is 13.3. The van der Waals surface area contributed by atoms with Gasteiger partial charge in [0.05, 0.1) is 23.6 Å². The van der Waals surface area contributed by atoms with Crippen LogP contribution in [0.1, 0.15) is 26.3 Å². The van der Waals surface area contributed by atoms with E-state index in [4.69, 9.17) is 9.72 Å². The van der Waals surface area contributed by atoms with Crippen molar-refractivity contribution in [3.8, 4) is 28.7 Å². The molecule has 0 amide bonds. The maximum absolute atomic E-state index is 6.62. The molecule has 0 saturated heterocycles. The van der Waals surface area contributed by atoms with Crippen molar-refractivity contribution < 1.29 is 30.4 Å². The molecular formula is C50H38N6OPt-2. The van der Waals surface area contributed by atoms with E-state index in [2.05, 4.69) is 157 Å². The minimum Gasteiger partial charge on any atom is -0.510 e. The molecule has 0 bridgehead atoms. The van der Waals surface area contributed by atoms with Gasteiger partial charge in [0.15, 0.2) is 0 Å². The molecule has 11 aromatic rings. The Morgan fingerprint density at radius 2 is 1.33 bits per heavy atom. The van der Waals surface area contributed by atoms with Crippen molar-refractivity contribution in [1.82, 2.24) is 23.3 Å². The molecular weight excluding hydrogens is 896 g/mol. The first-order valence-electron chi connectivity index (χ1n) is 19.3. The molecule has 0 atom stereocenters. The van der Waals surface area contributed by atoms with Gasteiger partial charge in [-0.25, -0.2) is 4.98 Å². The molecule has 0 aliphatic heterocycles. The molecule has 0 saturated carbocycles. The van der Waals surface area contributed by atoms with Crippen LogP contribution in [-0.4, -0.2) is 23.3 Å². The van der Waals surface area contributed by atoms with E-state index in [0.29, 0.717) is 11.5 Å². The molecule has 8 heteroatoms. The van der Waals surface area contributed by atoms with Crippen molar-refractivity contribution in [2.75, 3.05) is 0 Å². The summed E-state index contributed by atoms with van der Waals surface area (Å²) in [5.41, 5.74) is 9.59. The average Bonchev–Trinajstić information content (AvgIpc) is 3.98. The summed E-state index contributed by atoms with van der Waals surface area (Å²) in [6, 6.07) is 50.0. The first kappa shape index (κ1) is 35.9. The third-order valence-electron chi connectivity index (χ3n) is 11.3. The second-order valence-electron chi connectivity index (χ2n) is 15.9. The van der Waals surface area contributed by atoms with Gasteiger partial charge in [-0.05, 0) is 52.8 Å². The minimum atomic E-state index is -0.0964. The summed E-state index contributed by atoms with van der Waals surface area (Å²) in [4.78, 5) is 5.14. The fourth-order valence-corrected chi connectivity index (χ4v) is 8.75. The third kappa shape index (κ3) is 5.37. The molecule has 11 rings (SSSR count). The first-order chi connectivity index (χ1) is 27.7. The molecule has 0 unspecified atom stereocenters. The van der Waals surface area contributed by atoms with Gasteiger partial charge < -0.3 is 27.6 Å². The molecule has 7 nitrogen and oxygen atoms in total. The van der Waals surface area contributed by atoms with Crippen LogP contribution in [0.2, 0.25) is 0 Å². The van der Waals surface area contributed by atoms with Gasteiger partial charge in [0.1, 0.15) is 5.82 Å². The monoisotopic (exact) mass is 933 g/mol. The van der Waals surface area contributed by atoms with Crippen LogP contribution in [0, 0.1) is 18.5 Å². The fraction of sp³-hybridized carbons (Fsp3) is 0.120. The predicted octanol–water partition coefficient (Wildman–Crippen LogP) is 11.0. The zero-order valence-electron chi connectivity index (χ0n) is 32.7. The van der Waals surface area contributed by atoms with Crippen LogP contribution in [0.3, 0.4) is 0 Å². The van der Waals surface area contributed by atoms with Crippen molar-refractivity contribution in [1.29, 1.82) is 0 Å². The number of benzene rings is 6. The van der Waals surface area contributed by atoms with Crippen LogP contribution in [-0.2, 0) is 40.6 Å². The second-order valence-corrected chi connectivity index (χ2v) is 15.9. The largest absolute Gasteiger partial charge is 0.510 e. The van der Waals surface area contributed by atoms with Gasteiger partial charge in [-0.3, -0.25) is 0 Å². The Bertz CT molecular complexity index is 3400. The van der Waals surface area contributed by atoms with E-state index in [0.717, 1.165) is 50.0 Å². The smallest absolute Gasteiger partial charge is 0.241 e. The van der Waals surface area contributed by atoms with Gasteiger partial charge in [0, 0.05) is 96.5 Å². The van der Waals surface area contributed by atoms with Crippen LogP contribution in [0.5, 0.6) is 11.5 Å². The van der Waals surface area contributed by atoms with Crippen molar-refractivity contribution >= 4 is 65.4 Å². The Hall–Kier alpha value is -6.43. The Kier molecular flexibility index (Phi) is 8.26. The number of imidazole rings is 1. The van der Waals surface area contributed by atoms with E-state index in [1.165, 1.54) is 38.1 Å². The third-order valence-corrected chi connectivity index (χ3v) is 11.3. The van der Waals surface area contributed by atoms with Crippen molar-refractivity contribution in [2.24, 2.45) is 14.1 Å². The van der Waals surface area contributed by atoms with Crippen LogP contribution in [0.25, 0.3) is 82.6 Å². The Morgan fingerprint density at radius 1 is 0.638 bits per heavy atom. The van der Waals surface area contributed by atoms with Crippen molar-refractivity contribution in [3.63, 3.8) is 0 Å². The molecule has 0 fully saturated rings. The van der Waals surface area contributed by atoms with Crippen molar-refractivity contribution in [3.05, 3.63) is 164 Å². The molecule has 0 spiro atoms. The summed E-state index contributed by atoms with van der Waals surface area (Å²) in [6.45, 7) is 6.74. The van der Waals surface area contributed by atoms with Gasteiger partial charge in [-0.15, -0.1) is 24.3 Å². The molecule has 6 aromatic carbocycles. The predicted molar refractivity (Wildman–Crippen MR) is 229 cm³/mol. The zero-order chi connectivity index (χ0) is 38.6. The van der Waals surface area contributed by atoms with E-state index in [1.54, 1.807) is 0 Å². The number of hydrogen-bond donors (Lipinski definition) is 0. The number of hydrogen-bond acceptors (Lipinski definition) is 2. The summed E-state index contributed by atoms with van der Waals surface area (Å²) in [6.07, 6.45) is 9.10.